The monoisotopic (exact) mass is 336 g/mol. The molecule has 7 heteroatoms. The molecule has 0 saturated heterocycles. The van der Waals surface area contributed by atoms with Crippen molar-refractivity contribution < 1.29 is 23.4 Å². The number of halogens is 3. The summed E-state index contributed by atoms with van der Waals surface area (Å²) in [5.41, 5.74) is 0.904. The van der Waals surface area contributed by atoms with E-state index >= 15 is 0 Å². The summed E-state index contributed by atoms with van der Waals surface area (Å²) in [6.07, 6.45) is 0.00453. The lowest BCUT2D eigenvalue weighted by Crippen LogP contribution is -2.23. The van der Waals surface area contributed by atoms with Gasteiger partial charge in [-0.05, 0) is 37.1 Å². The number of carbonyl (C=O) groups is 1. The Morgan fingerprint density at radius 1 is 1.57 bits per heavy atom. The van der Waals surface area contributed by atoms with E-state index in [9.17, 15) is 13.6 Å². The molecule has 1 aliphatic heterocycles. The molecule has 0 fully saturated rings. The van der Waals surface area contributed by atoms with Crippen LogP contribution in [0, 0.1) is 0 Å². The third kappa shape index (κ3) is 4.94. The molecular weight excluding hydrogens is 321 g/mol. The van der Waals surface area contributed by atoms with Crippen LogP contribution in [0.25, 0.3) is 6.08 Å². The van der Waals surface area contributed by atoms with Gasteiger partial charge in [-0.3, -0.25) is 0 Å². The van der Waals surface area contributed by atoms with Crippen molar-refractivity contribution in [3.8, 4) is 5.75 Å². The summed E-state index contributed by atoms with van der Waals surface area (Å²) >= 11 is 6.00. The summed E-state index contributed by atoms with van der Waals surface area (Å²) in [7, 11) is 1.99. The third-order valence-corrected chi connectivity index (χ3v) is 2.94. The van der Waals surface area contributed by atoms with E-state index in [1.807, 2.05) is 16.2 Å². The second-order valence-corrected chi connectivity index (χ2v) is 5.68. The summed E-state index contributed by atoms with van der Waals surface area (Å²) in [6, 6.07) is 3.23. The molecule has 0 amide bonds. The van der Waals surface area contributed by atoms with E-state index in [0.29, 0.717) is 22.8 Å². The number of carboxylic acids is 1. The predicted molar refractivity (Wildman–Crippen MR) is 82.2 cm³/mol. The molecule has 3 unspecified atom stereocenters. The molecule has 0 saturated carbocycles. The topological polar surface area (TPSA) is 46.5 Å². The first-order valence-electron chi connectivity index (χ1n) is 6.24. The fourth-order valence-corrected chi connectivity index (χ4v) is 1.97. The highest BCUT2D eigenvalue weighted by atomic mass is 35.5. The van der Waals surface area contributed by atoms with Crippen molar-refractivity contribution in [2.45, 2.75) is 32.5 Å². The number of aryl methyl sites for hydroxylation is 1. The molecule has 0 aromatic heterocycles. The maximum Gasteiger partial charge on any atom is 0.338 e. The van der Waals surface area contributed by atoms with E-state index in [1.54, 1.807) is 12.1 Å². The van der Waals surface area contributed by atoms with Crippen molar-refractivity contribution in [1.82, 2.24) is 0 Å². The van der Waals surface area contributed by atoms with Gasteiger partial charge in [-0.2, -0.15) is 4.39 Å². The highest BCUT2D eigenvalue weighted by Gasteiger charge is 2.27. The van der Waals surface area contributed by atoms with Crippen molar-refractivity contribution in [3.05, 3.63) is 33.9 Å². The molecule has 116 valence electrons. The Labute approximate surface area is 129 Å². The number of hydrogen-bond donors (Lipinski definition) is 1. The van der Waals surface area contributed by atoms with Crippen molar-refractivity contribution in [3.63, 3.8) is 0 Å². The number of ether oxygens (including phenoxy) is 1. The standard InChI is InChI=1S/C12H10ClFO3.C2H6FP/c1-2-6-5-10-7(4-9(6)13)3-8(12(15)16)11(14)17-10;1-2(3)4/h3-5,11H,2H2,1H3,(H,15,16);2H,4H2,1H3. The Kier molecular flexibility index (Phi) is 6.56. The highest BCUT2D eigenvalue weighted by molar-refractivity contribution is 7.17. The zero-order chi connectivity index (χ0) is 16.2. The molecule has 0 radical (unpaired) electrons. The van der Waals surface area contributed by atoms with Crippen molar-refractivity contribution >= 4 is 32.9 Å². The third-order valence-electron chi connectivity index (χ3n) is 2.59. The number of hydrogen-bond acceptors (Lipinski definition) is 2. The Hall–Kier alpha value is -1.19. The van der Waals surface area contributed by atoms with E-state index in [2.05, 4.69) is 0 Å². The number of aliphatic carboxylic acids is 1. The fourth-order valence-electron chi connectivity index (χ4n) is 1.66. The first-order chi connectivity index (χ1) is 9.76. The second-order valence-electron chi connectivity index (χ2n) is 4.35. The molecule has 21 heavy (non-hydrogen) atoms. The first-order valence-corrected chi connectivity index (χ1v) is 7.28. The van der Waals surface area contributed by atoms with E-state index < -0.39 is 23.8 Å². The van der Waals surface area contributed by atoms with Crippen LogP contribution in [-0.2, 0) is 11.2 Å². The number of alkyl halides is 2. The van der Waals surface area contributed by atoms with E-state index in [0.717, 1.165) is 5.56 Å². The summed E-state index contributed by atoms with van der Waals surface area (Å²) in [5.74, 6) is -1.76. The number of benzene rings is 1. The lowest BCUT2D eigenvalue weighted by Gasteiger charge is -2.20. The lowest BCUT2D eigenvalue weighted by molar-refractivity contribution is -0.134. The molecule has 3 nitrogen and oxygen atoms in total. The molecule has 1 aliphatic rings. The zero-order valence-electron chi connectivity index (χ0n) is 11.6. The van der Waals surface area contributed by atoms with E-state index in [1.165, 1.54) is 13.0 Å². The molecule has 0 bridgehead atoms. The molecule has 1 aromatic carbocycles. The summed E-state index contributed by atoms with van der Waals surface area (Å²) in [4.78, 5) is 10.8. The maximum absolute atomic E-state index is 13.4. The minimum atomic E-state index is -1.94. The smallest absolute Gasteiger partial charge is 0.338 e. The van der Waals surface area contributed by atoms with Crippen LogP contribution in [0.4, 0.5) is 8.78 Å². The van der Waals surface area contributed by atoms with Crippen LogP contribution in [0.5, 0.6) is 5.75 Å². The van der Waals surface area contributed by atoms with Crippen LogP contribution >= 0.6 is 20.8 Å². The first kappa shape index (κ1) is 17.9. The summed E-state index contributed by atoms with van der Waals surface area (Å²) in [6.45, 7) is 3.38. The van der Waals surface area contributed by atoms with Crippen LogP contribution in [-0.4, -0.2) is 23.3 Å². The van der Waals surface area contributed by atoms with Crippen molar-refractivity contribution in [2.75, 3.05) is 0 Å². The van der Waals surface area contributed by atoms with E-state index in [-0.39, 0.29) is 0 Å². The van der Waals surface area contributed by atoms with Crippen LogP contribution in [0.2, 0.25) is 5.02 Å². The molecule has 1 N–H and O–H groups in total. The maximum atomic E-state index is 13.4. The number of carboxylic acid groups (broad SMARTS) is 1. The fraction of sp³-hybridized carbons (Fsp3) is 0.357. The Bertz CT molecular complexity index is 559. The largest absolute Gasteiger partial charge is 0.478 e. The van der Waals surface area contributed by atoms with Crippen LogP contribution in [0.3, 0.4) is 0 Å². The van der Waals surface area contributed by atoms with Gasteiger partial charge in [-0.1, -0.05) is 18.5 Å². The van der Waals surface area contributed by atoms with Gasteiger partial charge < -0.3 is 9.84 Å². The predicted octanol–water partition coefficient (Wildman–Crippen LogP) is 4.24. The Balaban J connectivity index is 0.000000491. The molecule has 1 heterocycles. The summed E-state index contributed by atoms with van der Waals surface area (Å²) in [5, 5.41) is 9.30. The van der Waals surface area contributed by atoms with Gasteiger partial charge in [0.05, 0.1) is 0 Å². The average molecular weight is 337 g/mol. The normalized spacial score (nSPS) is 17.6. The minimum Gasteiger partial charge on any atom is -0.478 e. The lowest BCUT2D eigenvalue weighted by atomic mass is 10.0. The quantitative estimate of drug-likeness (QED) is 0.822. The van der Waals surface area contributed by atoms with Crippen molar-refractivity contribution in [2.24, 2.45) is 0 Å². The van der Waals surface area contributed by atoms with Gasteiger partial charge in [0.2, 0.25) is 0 Å². The van der Waals surface area contributed by atoms with Gasteiger partial charge in [0, 0.05) is 10.6 Å². The van der Waals surface area contributed by atoms with Gasteiger partial charge in [0.1, 0.15) is 17.2 Å². The second kappa shape index (κ2) is 7.71. The van der Waals surface area contributed by atoms with Gasteiger partial charge in [0.15, 0.2) is 0 Å². The van der Waals surface area contributed by atoms with Gasteiger partial charge >= 0.3 is 5.97 Å². The molecule has 1 aromatic rings. The molecule has 0 aliphatic carbocycles. The highest BCUT2D eigenvalue weighted by Crippen LogP contribution is 2.34. The van der Waals surface area contributed by atoms with Crippen molar-refractivity contribution in [1.29, 1.82) is 0 Å². The Morgan fingerprint density at radius 3 is 2.62 bits per heavy atom. The Morgan fingerprint density at radius 2 is 2.14 bits per heavy atom. The summed E-state index contributed by atoms with van der Waals surface area (Å²) < 4.78 is 29.3. The molecule has 2 rings (SSSR count). The van der Waals surface area contributed by atoms with Gasteiger partial charge in [-0.15, -0.1) is 9.24 Å². The van der Waals surface area contributed by atoms with Gasteiger partial charge in [-0.25, -0.2) is 9.18 Å². The molecule has 3 atom stereocenters. The van der Waals surface area contributed by atoms with Crippen LogP contribution < -0.4 is 4.74 Å². The van der Waals surface area contributed by atoms with Gasteiger partial charge in [0.25, 0.3) is 6.36 Å². The average Bonchev–Trinajstić information content (AvgIpc) is 2.36. The molecular formula is C14H16ClF2O3P. The zero-order valence-corrected chi connectivity index (χ0v) is 13.5. The van der Waals surface area contributed by atoms with Crippen LogP contribution in [0.1, 0.15) is 25.0 Å². The minimum absolute atomic E-state index is 0.323. The number of rotatable bonds is 2. The number of fused-ring (bicyclic) bond motifs is 1. The SMILES string of the molecule is CC(F)P.CCc1cc2c(cc1Cl)C=C(C(=O)O)C(F)O2. The van der Waals surface area contributed by atoms with E-state index in [4.69, 9.17) is 21.4 Å². The van der Waals surface area contributed by atoms with Crippen LogP contribution in [0.15, 0.2) is 17.7 Å². The molecule has 0 spiro atoms.